The van der Waals surface area contributed by atoms with Crippen LogP contribution in [0.1, 0.15) is 22.8 Å². The molecule has 1 aliphatic rings. The monoisotopic (exact) mass is 396 g/mol. The number of hydrogen-bond acceptors (Lipinski definition) is 5. The number of benzene rings is 1. The summed E-state index contributed by atoms with van der Waals surface area (Å²) < 4.78 is 45.3. The van der Waals surface area contributed by atoms with Crippen molar-refractivity contribution in [3.63, 3.8) is 0 Å². The number of rotatable bonds is 4. The quantitative estimate of drug-likeness (QED) is 0.798. The van der Waals surface area contributed by atoms with Crippen LogP contribution in [0.5, 0.6) is 0 Å². The standard InChI is InChI=1S/C19H19F3N2O4/c1-3-28-18(27)12-7-23-15-5-4-10(2)6-11(15)16(12)24-8-13(17(25)26)14(9-24)19(20,21)22/h4-7,13-14H,3,8-9H2,1-2H3,(H,25,26)/t13-,14-/m1/s1. The predicted molar refractivity (Wildman–Crippen MR) is 95.3 cm³/mol. The molecular formula is C19H19F3N2O4. The fraction of sp³-hybridized carbons (Fsp3) is 0.421. The number of fused-ring (bicyclic) bond motifs is 1. The Hall–Kier alpha value is -2.84. The normalized spacial score (nSPS) is 19.8. The van der Waals surface area contributed by atoms with E-state index in [1.165, 1.54) is 11.1 Å². The van der Waals surface area contributed by atoms with E-state index in [1.54, 1.807) is 25.1 Å². The molecule has 0 aliphatic carbocycles. The highest BCUT2D eigenvalue weighted by atomic mass is 19.4. The predicted octanol–water partition coefficient (Wildman–Crippen LogP) is 3.42. The zero-order valence-electron chi connectivity index (χ0n) is 15.3. The van der Waals surface area contributed by atoms with Crippen molar-refractivity contribution >= 4 is 28.5 Å². The van der Waals surface area contributed by atoms with Crippen molar-refractivity contribution in [1.82, 2.24) is 4.98 Å². The van der Waals surface area contributed by atoms with Crippen molar-refractivity contribution in [1.29, 1.82) is 0 Å². The third-order valence-corrected chi connectivity index (χ3v) is 4.86. The first-order chi connectivity index (χ1) is 13.1. The lowest BCUT2D eigenvalue weighted by atomic mass is 9.96. The van der Waals surface area contributed by atoms with Gasteiger partial charge in [-0.2, -0.15) is 13.2 Å². The Labute approximate surface area is 158 Å². The van der Waals surface area contributed by atoms with E-state index in [4.69, 9.17) is 4.74 Å². The molecule has 0 amide bonds. The molecule has 1 aliphatic heterocycles. The molecule has 3 rings (SSSR count). The van der Waals surface area contributed by atoms with Gasteiger partial charge < -0.3 is 14.7 Å². The van der Waals surface area contributed by atoms with Crippen LogP contribution in [-0.2, 0) is 9.53 Å². The van der Waals surface area contributed by atoms with E-state index < -0.39 is 36.5 Å². The number of hydrogen-bond donors (Lipinski definition) is 1. The lowest BCUT2D eigenvalue weighted by Crippen LogP contribution is -2.33. The van der Waals surface area contributed by atoms with Crippen molar-refractivity contribution in [3.05, 3.63) is 35.5 Å². The summed E-state index contributed by atoms with van der Waals surface area (Å²) in [6.45, 7) is 2.60. The van der Waals surface area contributed by atoms with Gasteiger partial charge in [0.1, 0.15) is 5.56 Å². The van der Waals surface area contributed by atoms with Gasteiger partial charge in [0.05, 0.1) is 29.6 Å². The number of anilines is 1. The van der Waals surface area contributed by atoms with Gasteiger partial charge in [0.2, 0.25) is 0 Å². The number of aliphatic carboxylic acids is 1. The maximum Gasteiger partial charge on any atom is 0.394 e. The number of carbonyl (C=O) groups is 2. The fourth-order valence-electron chi connectivity index (χ4n) is 3.56. The fourth-order valence-corrected chi connectivity index (χ4v) is 3.56. The van der Waals surface area contributed by atoms with Crippen molar-refractivity contribution in [3.8, 4) is 0 Å². The average Bonchev–Trinajstić information content (AvgIpc) is 3.06. The van der Waals surface area contributed by atoms with E-state index in [1.807, 2.05) is 6.92 Å². The van der Waals surface area contributed by atoms with Gasteiger partial charge in [0.15, 0.2) is 0 Å². The number of carboxylic acids is 1. The second kappa shape index (κ2) is 7.29. The molecule has 1 aromatic heterocycles. The van der Waals surface area contributed by atoms with E-state index in [0.29, 0.717) is 10.9 Å². The van der Waals surface area contributed by atoms with Gasteiger partial charge in [0, 0.05) is 24.7 Å². The maximum atomic E-state index is 13.4. The van der Waals surface area contributed by atoms with Gasteiger partial charge in [-0.3, -0.25) is 9.78 Å². The van der Waals surface area contributed by atoms with Crippen LogP contribution in [-0.4, -0.2) is 47.9 Å². The minimum Gasteiger partial charge on any atom is -0.481 e. The number of aryl methyl sites for hydroxylation is 1. The van der Waals surface area contributed by atoms with Crippen LogP contribution in [0.15, 0.2) is 24.4 Å². The van der Waals surface area contributed by atoms with Gasteiger partial charge in [-0.15, -0.1) is 0 Å². The Morgan fingerprint density at radius 1 is 1.32 bits per heavy atom. The van der Waals surface area contributed by atoms with Gasteiger partial charge in [0.25, 0.3) is 0 Å². The zero-order valence-corrected chi connectivity index (χ0v) is 15.3. The van der Waals surface area contributed by atoms with Crippen LogP contribution in [0.4, 0.5) is 18.9 Å². The average molecular weight is 396 g/mol. The van der Waals surface area contributed by atoms with Gasteiger partial charge >= 0.3 is 18.1 Å². The number of esters is 1. The molecule has 1 saturated heterocycles. The van der Waals surface area contributed by atoms with Crippen LogP contribution >= 0.6 is 0 Å². The Morgan fingerprint density at radius 2 is 2.04 bits per heavy atom. The van der Waals surface area contributed by atoms with E-state index in [9.17, 15) is 27.9 Å². The Bertz CT molecular complexity index is 929. The summed E-state index contributed by atoms with van der Waals surface area (Å²) in [5.41, 5.74) is 1.57. The summed E-state index contributed by atoms with van der Waals surface area (Å²) >= 11 is 0. The molecule has 0 saturated carbocycles. The van der Waals surface area contributed by atoms with Crippen LogP contribution in [0.25, 0.3) is 10.9 Å². The van der Waals surface area contributed by atoms with Gasteiger partial charge in [-0.05, 0) is 26.0 Å². The molecule has 0 bridgehead atoms. The first-order valence-corrected chi connectivity index (χ1v) is 8.74. The molecule has 2 aromatic rings. The minimum absolute atomic E-state index is 0.0203. The second-order valence-corrected chi connectivity index (χ2v) is 6.76. The number of nitrogens with zero attached hydrogens (tertiary/aromatic N) is 2. The number of alkyl halides is 3. The number of carbonyl (C=O) groups excluding carboxylic acids is 1. The highest BCUT2D eigenvalue weighted by molar-refractivity contribution is 6.05. The van der Waals surface area contributed by atoms with Crippen molar-refractivity contribution < 1.29 is 32.6 Å². The number of halogens is 3. The van der Waals surface area contributed by atoms with Crippen LogP contribution < -0.4 is 4.90 Å². The van der Waals surface area contributed by atoms with Crippen LogP contribution in [0.3, 0.4) is 0 Å². The Balaban J connectivity index is 2.17. The number of ether oxygens (including phenoxy) is 1. The third kappa shape index (κ3) is 3.61. The molecule has 150 valence electrons. The van der Waals surface area contributed by atoms with E-state index in [2.05, 4.69) is 4.98 Å². The van der Waals surface area contributed by atoms with Crippen LogP contribution in [0, 0.1) is 18.8 Å². The summed E-state index contributed by atoms with van der Waals surface area (Å²) in [6.07, 6.45) is -3.40. The molecule has 0 spiro atoms. The zero-order chi connectivity index (χ0) is 20.6. The molecule has 1 fully saturated rings. The molecular weight excluding hydrogens is 377 g/mol. The lowest BCUT2D eigenvalue weighted by Gasteiger charge is -2.23. The highest BCUT2D eigenvalue weighted by Gasteiger charge is 2.53. The summed E-state index contributed by atoms with van der Waals surface area (Å²) in [7, 11) is 0. The topological polar surface area (TPSA) is 79.7 Å². The van der Waals surface area contributed by atoms with Crippen molar-refractivity contribution in [2.45, 2.75) is 20.0 Å². The molecule has 1 aromatic carbocycles. The van der Waals surface area contributed by atoms with Gasteiger partial charge in [-0.25, -0.2) is 4.79 Å². The van der Waals surface area contributed by atoms with Crippen molar-refractivity contribution in [2.75, 3.05) is 24.6 Å². The number of carboxylic acid groups (broad SMARTS) is 1. The first kappa shape index (κ1) is 19.9. The molecule has 0 unspecified atom stereocenters. The summed E-state index contributed by atoms with van der Waals surface area (Å²) in [4.78, 5) is 29.4. The maximum absolute atomic E-state index is 13.4. The summed E-state index contributed by atoms with van der Waals surface area (Å²) in [5.74, 6) is -5.89. The summed E-state index contributed by atoms with van der Waals surface area (Å²) in [5, 5.41) is 9.78. The highest BCUT2D eigenvalue weighted by Crippen LogP contribution is 2.42. The smallest absolute Gasteiger partial charge is 0.394 e. The Morgan fingerprint density at radius 3 is 2.61 bits per heavy atom. The number of pyridine rings is 1. The molecule has 6 nitrogen and oxygen atoms in total. The number of aromatic nitrogens is 1. The Kier molecular flexibility index (Phi) is 5.18. The third-order valence-electron chi connectivity index (χ3n) is 4.86. The largest absolute Gasteiger partial charge is 0.481 e. The molecule has 0 radical (unpaired) electrons. The lowest BCUT2D eigenvalue weighted by molar-refractivity contribution is -0.187. The molecule has 2 heterocycles. The molecule has 1 N–H and O–H groups in total. The van der Waals surface area contributed by atoms with Crippen molar-refractivity contribution in [2.24, 2.45) is 11.8 Å². The first-order valence-electron chi connectivity index (χ1n) is 8.74. The molecule has 9 heteroatoms. The van der Waals surface area contributed by atoms with E-state index >= 15 is 0 Å². The van der Waals surface area contributed by atoms with E-state index in [-0.39, 0.29) is 24.4 Å². The van der Waals surface area contributed by atoms with Gasteiger partial charge in [-0.1, -0.05) is 11.6 Å². The second-order valence-electron chi connectivity index (χ2n) is 6.76. The SMILES string of the molecule is CCOC(=O)c1cnc2ccc(C)cc2c1N1C[C@@H](C(F)(F)F)[C@H](C(=O)O)C1. The molecule has 28 heavy (non-hydrogen) atoms. The minimum atomic E-state index is -4.67. The van der Waals surface area contributed by atoms with E-state index in [0.717, 1.165) is 5.56 Å². The summed E-state index contributed by atoms with van der Waals surface area (Å²) in [6, 6.07) is 5.22. The van der Waals surface area contributed by atoms with Crippen LogP contribution in [0.2, 0.25) is 0 Å². The molecule has 2 atom stereocenters.